The standard InChI is InChI=1S/C45H32N4/c1-3-12-34(27-31(2)37-15-9-10-20-43(37)48-35-24-21-32(29-46)22-25-35)38-16-7-8-17-39(38)40-18-11-19-41-42-28-33(30-47)23-26-44(42)49(45(40)41)36-13-5-4-6-14-36/h3-28,48H,2H2,1H3/b12-3-,34-27+. The van der Waals surface area contributed by atoms with E-state index >= 15 is 0 Å². The first-order chi connectivity index (χ1) is 24.1. The molecular formula is C45H32N4. The van der Waals surface area contributed by atoms with E-state index in [1.54, 1.807) is 12.1 Å². The Morgan fingerprint density at radius 3 is 2.10 bits per heavy atom. The van der Waals surface area contributed by atoms with Crippen molar-refractivity contribution in [1.82, 2.24) is 4.57 Å². The number of hydrogen-bond acceptors (Lipinski definition) is 3. The summed E-state index contributed by atoms with van der Waals surface area (Å²) in [5, 5.41) is 24.6. The lowest BCUT2D eigenvalue weighted by Crippen LogP contribution is -1.97. The number of fused-ring (bicyclic) bond motifs is 3. The van der Waals surface area contributed by atoms with Crippen LogP contribution in [0.4, 0.5) is 11.4 Å². The Balaban J connectivity index is 1.39. The summed E-state index contributed by atoms with van der Waals surface area (Å²) in [5.41, 5.74) is 12.4. The minimum atomic E-state index is 0.618. The Morgan fingerprint density at radius 2 is 1.35 bits per heavy atom. The molecule has 0 atom stereocenters. The third-order valence-electron chi connectivity index (χ3n) is 8.70. The average Bonchev–Trinajstić information content (AvgIpc) is 3.49. The molecule has 0 bridgehead atoms. The number of allylic oxidation sites excluding steroid dienone is 5. The normalized spacial score (nSPS) is 11.4. The lowest BCUT2D eigenvalue weighted by atomic mass is 9.91. The molecular weight excluding hydrogens is 597 g/mol. The molecule has 7 rings (SSSR count). The molecule has 0 fully saturated rings. The van der Waals surface area contributed by atoms with Crippen LogP contribution in [0.5, 0.6) is 0 Å². The molecule has 0 saturated heterocycles. The van der Waals surface area contributed by atoms with Crippen molar-refractivity contribution in [3.63, 3.8) is 0 Å². The van der Waals surface area contributed by atoms with Crippen molar-refractivity contribution in [2.75, 3.05) is 5.32 Å². The molecule has 0 amide bonds. The average molecular weight is 629 g/mol. The monoisotopic (exact) mass is 628 g/mol. The van der Waals surface area contributed by atoms with E-state index < -0.39 is 0 Å². The predicted molar refractivity (Wildman–Crippen MR) is 204 cm³/mol. The number of nitriles is 2. The molecule has 1 heterocycles. The zero-order valence-corrected chi connectivity index (χ0v) is 27.1. The van der Waals surface area contributed by atoms with Crippen molar-refractivity contribution in [2.45, 2.75) is 6.92 Å². The molecule has 0 unspecified atom stereocenters. The number of rotatable bonds is 8. The van der Waals surface area contributed by atoms with Gasteiger partial charge in [-0.1, -0.05) is 97.6 Å². The summed E-state index contributed by atoms with van der Waals surface area (Å²) in [5.74, 6) is 0. The van der Waals surface area contributed by atoms with Gasteiger partial charge >= 0.3 is 0 Å². The fraction of sp³-hybridized carbons (Fsp3) is 0.0222. The van der Waals surface area contributed by atoms with Crippen molar-refractivity contribution in [2.24, 2.45) is 0 Å². The molecule has 0 spiro atoms. The molecule has 4 nitrogen and oxygen atoms in total. The van der Waals surface area contributed by atoms with Gasteiger partial charge in [-0.05, 0) is 95.9 Å². The van der Waals surface area contributed by atoms with Gasteiger partial charge in [-0.3, -0.25) is 0 Å². The largest absolute Gasteiger partial charge is 0.355 e. The molecule has 0 aliphatic rings. The van der Waals surface area contributed by atoms with Crippen molar-refractivity contribution in [1.29, 1.82) is 10.5 Å². The lowest BCUT2D eigenvalue weighted by Gasteiger charge is -2.16. The number of nitrogens with zero attached hydrogens (tertiary/aromatic N) is 3. The van der Waals surface area contributed by atoms with Gasteiger partial charge in [0.1, 0.15) is 0 Å². The van der Waals surface area contributed by atoms with Crippen LogP contribution in [0.2, 0.25) is 0 Å². The van der Waals surface area contributed by atoms with Crippen molar-refractivity contribution >= 4 is 44.3 Å². The van der Waals surface area contributed by atoms with E-state index in [4.69, 9.17) is 0 Å². The predicted octanol–water partition coefficient (Wildman–Crippen LogP) is 11.6. The molecule has 0 aliphatic heterocycles. The maximum atomic E-state index is 9.75. The number of anilines is 2. The van der Waals surface area contributed by atoms with Crippen LogP contribution in [0.1, 0.15) is 29.2 Å². The summed E-state index contributed by atoms with van der Waals surface area (Å²) in [6, 6.07) is 51.3. The first-order valence-electron chi connectivity index (χ1n) is 16.1. The first kappa shape index (κ1) is 30.8. The highest BCUT2D eigenvalue weighted by Gasteiger charge is 2.19. The first-order valence-corrected chi connectivity index (χ1v) is 16.1. The van der Waals surface area contributed by atoms with E-state index in [1.807, 2.05) is 55.5 Å². The minimum Gasteiger partial charge on any atom is -0.355 e. The van der Waals surface area contributed by atoms with Crippen molar-refractivity contribution < 1.29 is 0 Å². The van der Waals surface area contributed by atoms with E-state index in [0.29, 0.717) is 11.1 Å². The third-order valence-corrected chi connectivity index (χ3v) is 8.70. The molecule has 7 aromatic rings. The molecule has 0 radical (unpaired) electrons. The van der Waals surface area contributed by atoms with Gasteiger partial charge in [-0.15, -0.1) is 0 Å². The summed E-state index contributed by atoms with van der Waals surface area (Å²) in [6.45, 7) is 6.56. The Hall–Kier alpha value is -6.88. The Morgan fingerprint density at radius 1 is 0.673 bits per heavy atom. The zero-order valence-electron chi connectivity index (χ0n) is 27.1. The second-order valence-corrected chi connectivity index (χ2v) is 11.7. The fourth-order valence-electron chi connectivity index (χ4n) is 6.49. The molecule has 0 saturated carbocycles. The highest BCUT2D eigenvalue weighted by Crippen LogP contribution is 2.41. The van der Waals surface area contributed by atoms with Gasteiger partial charge in [-0.2, -0.15) is 10.5 Å². The maximum Gasteiger partial charge on any atom is 0.0991 e. The summed E-state index contributed by atoms with van der Waals surface area (Å²) in [6.07, 6.45) is 6.33. The molecule has 0 aliphatic carbocycles. The van der Waals surface area contributed by atoms with Gasteiger partial charge in [0.25, 0.3) is 0 Å². The van der Waals surface area contributed by atoms with Gasteiger partial charge in [0.05, 0.1) is 34.3 Å². The summed E-state index contributed by atoms with van der Waals surface area (Å²) in [7, 11) is 0. The molecule has 49 heavy (non-hydrogen) atoms. The van der Waals surface area contributed by atoms with Gasteiger partial charge in [0.2, 0.25) is 0 Å². The van der Waals surface area contributed by atoms with Gasteiger partial charge in [0.15, 0.2) is 0 Å². The number of hydrogen-bond donors (Lipinski definition) is 1. The topological polar surface area (TPSA) is 64.5 Å². The maximum absolute atomic E-state index is 9.75. The number of aromatic nitrogens is 1. The van der Waals surface area contributed by atoms with Crippen LogP contribution in [-0.4, -0.2) is 4.57 Å². The Labute approximate surface area is 286 Å². The molecule has 4 heteroatoms. The van der Waals surface area contributed by atoms with Gasteiger partial charge in [-0.25, -0.2) is 0 Å². The van der Waals surface area contributed by atoms with Crippen LogP contribution in [0.15, 0.2) is 164 Å². The fourth-order valence-corrected chi connectivity index (χ4v) is 6.49. The molecule has 1 aromatic heterocycles. The van der Waals surface area contributed by atoms with Crippen LogP contribution in [0.25, 0.3) is 49.8 Å². The minimum absolute atomic E-state index is 0.618. The van der Waals surface area contributed by atoms with E-state index in [9.17, 15) is 10.5 Å². The van der Waals surface area contributed by atoms with Crippen LogP contribution in [-0.2, 0) is 0 Å². The summed E-state index contributed by atoms with van der Waals surface area (Å²) >= 11 is 0. The van der Waals surface area contributed by atoms with E-state index in [2.05, 4.69) is 126 Å². The lowest BCUT2D eigenvalue weighted by molar-refractivity contribution is 1.18. The second kappa shape index (κ2) is 13.5. The van der Waals surface area contributed by atoms with Crippen LogP contribution >= 0.6 is 0 Å². The van der Waals surface area contributed by atoms with Crippen molar-refractivity contribution in [3.8, 4) is 29.0 Å². The Bertz CT molecular complexity index is 2500. The SMILES string of the molecule is C=C(/C=C(\C=C/C)c1ccccc1-c1cccc2c3cc(C#N)ccc3n(-c3ccccc3)c12)c1ccccc1Nc1ccc(C#N)cc1. The molecule has 232 valence electrons. The van der Waals surface area contributed by atoms with E-state index in [-0.39, 0.29) is 0 Å². The number of para-hydroxylation sites is 3. The second-order valence-electron chi connectivity index (χ2n) is 11.7. The summed E-state index contributed by atoms with van der Waals surface area (Å²) in [4.78, 5) is 0. The summed E-state index contributed by atoms with van der Waals surface area (Å²) < 4.78 is 2.31. The van der Waals surface area contributed by atoms with Crippen molar-refractivity contribution in [3.05, 3.63) is 187 Å². The quantitative estimate of drug-likeness (QED) is 0.170. The van der Waals surface area contributed by atoms with E-state index in [1.165, 1.54) is 0 Å². The number of nitrogens with one attached hydrogen (secondary N) is 1. The van der Waals surface area contributed by atoms with E-state index in [0.717, 1.165) is 72.3 Å². The van der Waals surface area contributed by atoms with Gasteiger partial charge < -0.3 is 9.88 Å². The number of benzene rings is 6. The van der Waals surface area contributed by atoms with Crippen LogP contribution in [0.3, 0.4) is 0 Å². The third kappa shape index (κ3) is 5.92. The van der Waals surface area contributed by atoms with Gasteiger partial charge in [0, 0.05) is 39.0 Å². The molecule has 1 N–H and O–H groups in total. The highest BCUT2D eigenvalue weighted by molar-refractivity contribution is 6.15. The Kier molecular flexibility index (Phi) is 8.45. The van der Waals surface area contributed by atoms with Crippen LogP contribution < -0.4 is 5.32 Å². The molecule has 6 aromatic carbocycles. The smallest absolute Gasteiger partial charge is 0.0991 e. The highest BCUT2D eigenvalue weighted by atomic mass is 15.0. The van der Waals surface area contributed by atoms with Crippen LogP contribution in [0, 0.1) is 22.7 Å². The zero-order chi connectivity index (χ0) is 33.7.